The zero-order valence-corrected chi connectivity index (χ0v) is 19.1. The molecule has 2 N–H and O–H groups in total. The fourth-order valence-corrected chi connectivity index (χ4v) is 4.29. The summed E-state index contributed by atoms with van der Waals surface area (Å²) in [7, 11) is 0. The smallest absolute Gasteiger partial charge is 0.220 e. The van der Waals surface area contributed by atoms with E-state index in [1.165, 1.54) is 0 Å². The third-order valence-electron chi connectivity index (χ3n) is 6.20. The number of ketones is 1. The number of Topliss-reactive ketones (excluding diaryl/α,β-unsaturated/α-hetero) is 1. The molecule has 5 heteroatoms. The van der Waals surface area contributed by atoms with Crippen LogP contribution >= 0.6 is 0 Å². The number of nitrogens with zero attached hydrogens (tertiary/aromatic N) is 1. The number of nitrogens with one attached hydrogen (secondary N) is 1. The Morgan fingerprint density at radius 1 is 1.23 bits per heavy atom. The van der Waals surface area contributed by atoms with Gasteiger partial charge in [0.25, 0.3) is 0 Å². The fraction of sp³-hybridized carbons (Fsp3) is 0.654. The molecule has 1 aliphatic rings. The summed E-state index contributed by atoms with van der Waals surface area (Å²) in [6.45, 7) is 2.64. The first-order valence-corrected chi connectivity index (χ1v) is 12.2. The van der Waals surface area contributed by atoms with E-state index in [0.717, 1.165) is 69.9 Å². The monoisotopic (exact) mass is 428 g/mol. The van der Waals surface area contributed by atoms with Gasteiger partial charge in [-0.05, 0) is 43.7 Å². The second-order valence-corrected chi connectivity index (χ2v) is 8.77. The van der Waals surface area contributed by atoms with Crippen LogP contribution in [-0.2, 0) is 16.1 Å². The second kappa shape index (κ2) is 14.9. The molecular formula is C26H40N2O3. The van der Waals surface area contributed by atoms with E-state index in [0.29, 0.717) is 25.2 Å². The predicted molar refractivity (Wildman–Crippen MR) is 124 cm³/mol. The Labute approximate surface area is 187 Å². The Kier molecular flexibility index (Phi) is 12.1. The van der Waals surface area contributed by atoms with Crippen LogP contribution in [0.2, 0.25) is 0 Å². The molecule has 172 valence electrons. The second-order valence-electron chi connectivity index (χ2n) is 8.77. The summed E-state index contributed by atoms with van der Waals surface area (Å²) in [4.78, 5) is 28.4. The lowest BCUT2D eigenvalue weighted by molar-refractivity contribution is -0.122. The summed E-state index contributed by atoms with van der Waals surface area (Å²) in [5.41, 5.74) is 0.870. The maximum Gasteiger partial charge on any atom is 0.220 e. The predicted octanol–water partition coefficient (Wildman–Crippen LogP) is 5.13. The molecule has 1 aromatic rings. The minimum atomic E-state index is -0.383. The van der Waals surface area contributed by atoms with Gasteiger partial charge in [-0.2, -0.15) is 0 Å². The molecule has 2 rings (SSSR count). The Hall–Kier alpha value is -2.01. The van der Waals surface area contributed by atoms with Gasteiger partial charge in [0.1, 0.15) is 5.78 Å². The zero-order valence-electron chi connectivity index (χ0n) is 19.1. The van der Waals surface area contributed by atoms with E-state index in [-0.39, 0.29) is 23.8 Å². The normalized spacial score (nSPS) is 19.7. The van der Waals surface area contributed by atoms with Gasteiger partial charge in [0.2, 0.25) is 5.91 Å². The van der Waals surface area contributed by atoms with E-state index in [2.05, 4.69) is 23.3 Å². The molecule has 0 saturated heterocycles. The van der Waals surface area contributed by atoms with Crippen molar-refractivity contribution in [3.63, 3.8) is 0 Å². The Bertz CT molecular complexity index is 674. The number of allylic oxidation sites excluding steroid dienone is 1. The van der Waals surface area contributed by atoms with Gasteiger partial charge < -0.3 is 10.4 Å². The molecule has 1 saturated carbocycles. The van der Waals surface area contributed by atoms with E-state index >= 15 is 0 Å². The molecule has 0 spiro atoms. The number of carbonyl (C=O) groups is 2. The van der Waals surface area contributed by atoms with Gasteiger partial charge in [-0.25, -0.2) is 0 Å². The Balaban J connectivity index is 1.57. The van der Waals surface area contributed by atoms with Crippen LogP contribution in [-0.4, -0.2) is 27.9 Å². The molecule has 1 amide bonds. The van der Waals surface area contributed by atoms with E-state index in [1.54, 1.807) is 6.20 Å². The van der Waals surface area contributed by atoms with Crippen molar-refractivity contribution < 1.29 is 14.7 Å². The molecular weight excluding hydrogens is 388 g/mol. The first kappa shape index (κ1) is 25.3. The van der Waals surface area contributed by atoms with Crippen molar-refractivity contribution in [3.8, 4) is 0 Å². The zero-order chi connectivity index (χ0) is 22.3. The molecule has 0 radical (unpaired) electrons. The topological polar surface area (TPSA) is 79.3 Å². The van der Waals surface area contributed by atoms with Crippen LogP contribution in [0, 0.1) is 11.8 Å². The number of hydrogen-bond donors (Lipinski definition) is 2. The number of rotatable bonds is 15. The maximum atomic E-state index is 12.3. The largest absolute Gasteiger partial charge is 0.389 e. The Morgan fingerprint density at radius 3 is 2.84 bits per heavy atom. The maximum absolute atomic E-state index is 12.3. The van der Waals surface area contributed by atoms with Gasteiger partial charge in [0.05, 0.1) is 18.3 Å². The molecule has 1 heterocycles. The third-order valence-corrected chi connectivity index (χ3v) is 6.20. The molecule has 1 fully saturated rings. The molecule has 3 atom stereocenters. The summed E-state index contributed by atoms with van der Waals surface area (Å²) in [5, 5.41) is 13.0. The van der Waals surface area contributed by atoms with Crippen LogP contribution < -0.4 is 5.32 Å². The number of aliphatic hydroxyl groups excluding tert-OH is 1. The summed E-state index contributed by atoms with van der Waals surface area (Å²) >= 11 is 0. The van der Waals surface area contributed by atoms with Gasteiger partial charge in [-0.15, -0.1) is 0 Å². The third kappa shape index (κ3) is 10.2. The van der Waals surface area contributed by atoms with Crippen molar-refractivity contribution in [2.24, 2.45) is 11.8 Å². The number of aromatic nitrogens is 1. The van der Waals surface area contributed by atoms with E-state index in [9.17, 15) is 14.7 Å². The Morgan fingerprint density at radius 2 is 2.06 bits per heavy atom. The molecule has 31 heavy (non-hydrogen) atoms. The van der Waals surface area contributed by atoms with Gasteiger partial charge in [0, 0.05) is 25.0 Å². The number of hydrogen-bond acceptors (Lipinski definition) is 4. The molecule has 0 aromatic carbocycles. The lowest BCUT2D eigenvalue weighted by Crippen LogP contribution is -2.22. The molecule has 5 nitrogen and oxygen atoms in total. The highest BCUT2D eigenvalue weighted by Gasteiger charge is 2.32. The SMILES string of the molecule is CCCCCC(O)C=CC1CCC(=O)C1CCCCCCC(=O)NCc1ccccn1. The average molecular weight is 429 g/mol. The first-order valence-electron chi connectivity index (χ1n) is 12.2. The van der Waals surface area contributed by atoms with Crippen LogP contribution in [0.25, 0.3) is 0 Å². The van der Waals surface area contributed by atoms with Crippen molar-refractivity contribution in [2.75, 3.05) is 0 Å². The van der Waals surface area contributed by atoms with E-state index in [1.807, 2.05) is 24.3 Å². The summed E-state index contributed by atoms with van der Waals surface area (Å²) < 4.78 is 0. The number of pyridine rings is 1. The number of unbranched alkanes of at least 4 members (excludes halogenated alkanes) is 5. The summed E-state index contributed by atoms with van der Waals surface area (Å²) in [6, 6.07) is 5.68. The molecule has 1 aliphatic carbocycles. The van der Waals surface area contributed by atoms with Crippen molar-refractivity contribution in [1.29, 1.82) is 0 Å². The molecule has 0 bridgehead atoms. The molecule has 0 aliphatic heterocycles. The molecule has 3 unspecified atom stereocenters. The van der Waals surface area contributed by atoms with Crippen LogP contribution in [0.15, 0.2) is 36.5 Å². The van der Waals surface area contributed by atoms with Gasteiger partial charge >= 0.3 is 0 Å². The van der Waals surface area contributed by atoms with E-state index < -0.39 is 0 Å². The van der Waals surface area contributed by atoms with Crippen LogP contribution in [0.1, 0.15) is 89.7 Å². The van der Waals surface area contributed by atoms with Crippen molar-refractivity contribution >= 4 is 11.7 Å². The lowest BCUT2D eigenvalue weighted by Gasteiger charge is -2.15. The minimum Gasteiger partial charge on any atom is -0.389 e. The average Bonchev–Trinajstić information content (AvgIpc) is 3.13. The number of carbonyl (C=O) groups excluding carboxylic acids is 2. The quantitative estimate of drug-likeness (QED) is 0.300. The van der Waals surface area contributed by atoms with Gasteiger partial charge in [-0.3, -0.25) is 14.6 Å². The summed E-state index contributed by atoms with van der Waals surface area (Å²) in [6.07, 6.45) is 16.5. The number of amides is 1. The van der Waals surface area contributed by atoms with Crippen LogP contribution in [0.3, 0.4) is 0 Å². The fourth-order valence-electron chi connectivity index (χ4n) is 4.29. The standard InChI is InChI=1S/C26H40N2O3/c1-2-3-6-12-23(29)17-15-21-16-18-25(30)24(21)13-7-4-5-8-14-26(31)28-20-22-11-9-10-19-27-22/h9-11,15,17,19,21,23-24,29H,2-8,12-14,16,18,20H2,1H3,(H,28,31). The first-order chi connectivity index (χ1) is 15.1. The van der Waals surface area contributed by atoms with Crippen molar-refractivity contribution in [1.82, 2.24) is 10.3 Å². The van der Waals surface area contributed by atoms with Crippen molar-refractivity contribution in [3.05, 3.63) is 42.2 Å². The van der Waals surface area contributed by atoms with Crippen LogP contribution in [0.5, 0.6) is 0 Å². The minimum absolute atomic E-state index is 0.0688. The molecule has 1 aromatic heterocycles. The summed E-state index contributed by atoms with van der Waals surface area (Å²) in [5.74, 6) is 0.842. The van der Waals surface area contributed by atoms with Gasteiger partial charge in [0.15, 0.2) is 0 Å². The van der Waals surface area contributed by atoms with E-state index in [4.69, 9.17) is 0 Å². The number of aliphatic hydroxyl groups is 1. The van der Waals surface area contributed by atoms with Crippen LogP contribution in [0.4, 0.5) is 0 Å². The van der Waals surface area contributed by atoms with Crippen molar-refractivity contribution in [2.45, 2.75) is 96.6 Å². The highest BCUT2D eigenvalue weighted by atomic mass is 16.3. The lowest BCUT2D eigenvalue weighted by atomic mass is 9.89. The highest BCUT2D eigenvalue weighted by molar-refractivity contribution is 5.83. The highest BCUT2D eigenvalue weighted by Crippen LogP contribution is 2.34. The van der Waals surface area contributed by atoms with Gasteiger partial charge in [-0.1, -0.05) is 63.7 Å².